The van der Waals surface area contributed by atoms with Crippen LogP contribution in [-0.2, 0) is 29.1 Å². The smallest absolute Gasteiger partial charge is 0.326 e. The second kappa shape index (κ2) is 7.39. The molecule has 0 aromatic heterocycles. The summed E-state index contributed by atoms with van der Waals surface area (Å²) in [4.78, 5) is 37.1. The van der Waals surface area contributed by atoms with Gasteiger partial charge in [-0.25, -0.2) is 13.1 Å². The van der Waals surface area contributed by atoms with Gasteiger partial charge in [0.2, 0.25) is 21.8 Å². The molecule has 0 spiro atoms. The van der Waals surface area contributed by atoms with E-state index < -0.39 is 16.0 Å². The summed E-state index contributed by atoms with van der Waals surface area (Å²) < 4.78 is 29.5. The first-order valence-electron chi connectivity index (χ1n) is 7.78. The third-order valence-corrected chi connectivity index (χ3v) is 5.80. The number of nitrogens with zero attached hydrogens (tertiary/aromatic N) is 1. The molecule has 1 aliphatic carbocycles. The predicted octanol–water partition coefficient (Wildman–Crippen LogP) is -0.356. The molecule has 1 heterocycles. The third-order valence-electron chi connectivity index (χ3n) is 4.35. The predicted molar refractivity (Wildman–Crippen MR) is 80.6 cm³/mol. The summed E-state index contributed by atoms with van der Waals surface area (Å²) in [5, 5.41) is 0. The van der Waals surface area contributed by atoms with Crippen molar-refractivity contribution in [1.82, 2.24) is 9.62 Å². The molecule has 9 heteroatoms. The summed E-state index contributed by atoms with van der Waals surface area (Å²) in [5.74, 6) is -1.98. The number of imide groups is 1. The number of nitrogens with one attached hydrogen (secondary N) is 1. The SMILES string of the molecule is CNS(=O)(=O)CCCOC(=O)CN1C(=O)[C@H]2CCCC[C@@H]2C1=O. The summed E-state index contributed by atoms with van der Waals surface area (Å²) in [5.41, 5.74) is 0. The zero-order chi connectivity index (χ0) is 17.0. The van der Waals surface area contributed by atoms with Gasteiger partial charge in [-0.05, 0) is 26.3 Å². The van der Waals surface area contributed by atoms with E-state index in [2.05, 4.69) is 4.72 Å². The fourth-order valence-electron chi connectivity index (χ4n) is 3.10. The van der Waals surface area contributed by atoms with Gasteiger partial charge < -0.3 is 4.74 Å². The molecule has 1 saturated carbocycles. The third kappa shape index (κ3) is 4.29. The number of hydrogen-bond donors (Lipinski definition) is 1. The molecule has 2 fully saturated rings. The summed E-state index contributed by atoms with van der Waals surface area (Å²) in [7, 11) is -2.02. The average Bonchev–Trinajstić information content (AvgIpc) is 2.77. The lowest BCUT2D eigenvalue weighted by Crippen LogP contribution is -2.36. The molecule has 130 valence electrons. The van der Waals surface area contributed by atoms with E-state index >= 15 is 0 Å². The minimum Gasteiger partial charge on any atom is -0.464 e. The van der Waals surface area contributed by atoms with Crippen molar-refractivity contribution in [3.8, 4) is 0 Å². The molecule has 2 aliphatic rings. The van der Waals surface area contributed by atoms with Gasteiger partial charge >= 0.3 is 5.97 Å². The normalized spacial score (nSPS) is 24.7. The van der Waals surface area contributed by atoms with E-state index in [1.165, 1.54) is 7.05 Å². The average molecular weight is 346 g/mol. The van der Waals surface area contributed by atoms with Crippen LogP contribution in [0.1, 0.15) is 32.1 Å². The number of sulfonamides is 1. The molecule has 8 nitrogen and oxygen atoms in total. The van der Waals surface area contributed by atoms with Crippen LogP contribution in [0.3, 0.4) is 0 Å². The minimum atomic E-state index is -3.33. The Hall–Kier alpha value is -1.48. The van der Waals surface area contributed by atoms with Gasteiger partial charge in [-0.15, -0.1) is 0 Å². The monoisotopic (exact) mass is 346 g/mol. The first kappa shape index (κ1) is 17.9. The van der Waals surface area contributed by atoms with Crippen molar-refractivity contribution in [1.29, 1.82) is 0 Å². The zero-order valence-electron chi connectivity index (χ0n) is 13.1. The summed E-state index contributed by atoms with van der Waals surface area (Å²) >= 11 is 0. The number of hydrogen-bond acceptors (Lipinski definition) is 6. The molecular weight excluding hydrogens is 324 g/mol. The lowest BCUT2D eigenvalue weighted by atomic mass is 9.81. The second-order valence-electron chi connectivity index (χ2n) is 5.86. The van der Waals surface area contributed by atoms with Crippen molar-refractivity contribution in [2.45, 2.75) is 32.1 Å². The van der Waals surface area contributed by atoms with Crippen molar-refractivity contribution in [2.75, 3.05) is 26.0 Å². The van der Waals surface area contributed by atoms with Crippen molar-refractivity contribution < 1.29 is 27.5 Å². The molecule has 1 N–H and O–H groups in total. The summed E-state index contributed by atoms with van der Waals surface area (Å²) in [6.45, 7) is -0.452. The van der Waals surface area contributed by atoms with Crippen molar-refractivity contribution >= 4 is 27.8 Å². The highest BCUT2D eigenvalue weighted by molar-refractivity contribution is 7.89. The topological polar surface area (TPSA) is 110 Å². The number of amides is 2. The molecule has 1 saturated heterocycles. The molecule has 2 rings (SSSR count). The molecule has 0 aromatic rings. The van der Waals surface area contributed by atoms with Crippen LogP contribution in [0.5, 0.6) is 0 Å². The van der Waals surface area contributed by atoms with Crippen molar-refractivity contribution in [3.63, 3.8) is 0 Å². The number of fused-ring (bicyclic) bond motifs is 1. The van der Waals surface area contributed by atoms with Crippen molar-refractivity contribution in [2.24, 2.45) is 11.8 Å². The molecule has 2 amide bonds. The van der Waals surface area contributed by atoms with Gasteiger partial charge in [0, 0.05) is 0 Å². The van der Waals surface area contributed by atoms with E-state index in [1.54, 1.807) is 0 Å². The highest BCUT2D eigenvalue weighted by atomic mass is 32.2. The van der Waals surface area contributed by atoms with Crippen LogP contribution in [0.2, 0.25) is 0 Å². The number of ether oxygens (including phenoxy) is 1. The maximum Gasteiger partial charge on any atom is 0.326 e. The Morgan fingerprint density at radius 2 is 1.78 bits per heavy atom. The van der Waals surface area contributed by atoms with E-state index in [1.807, 2.05) is 0 Å². The number of carbonyl (C=O) groups is 3. The van der Waals surface area contributed by atoms with Crippen LogP contribution in [0.25, 0.3) is 0 Å². The lowest BCUT2D eigenvalue weighted by molar-refractivity contribution is -0.153. The highest BCUT2D eigenvalue weighted by Crippen LogP contribution is 2.37. The first-order valence-corrected chi connectivity index (χ1v) is 9.43. The fraction of sp³-hybridized carbons (Fsp3) is 0.786. The fourth-order valence-corrected chi connectivity index (χ4v) is 3.80. The van der Waals surface area contributed by atoms with Crippen molar-refractivity contribution in [3.05, 3.63) is 0 Å². The summed E-state index contributed by atoms with van der Waals surface area (Å²) in [6, 6.07) is 0. The maximum absolute atomic E-state index is 12.2. The van der Waals surface area contributed by atoms with Crippen LogP contribution in [0.4, 0.5) is 0 Å². The lowest BCUT2D eigenvalue weighted by Gasteiger charge is -2.19. The van der Waals surface area contributed by atoms with Gasteiger partial charge in [0.1, 0.15) is 6.54 Å². The van der Waals surface area contributed by atoms with Gasteiger partial charge in [0.15, 0.2) is 0 Å². The summed E-state index contributed by atoms with van der Waals surface area (Å²) in [6.07, 6.45) is 3.41. The molecule has 0 aromatic carbocycles. The van der Waals surface area contributed by atoms with Gasteiger partial charge in [0.05, 0.1) is 24.2 Å². The molecule has 1 aliphatic heterocycles. The van der Waals surface area contributed by atoms with Gasteiger partial charge in [-0.2, -0.15) is 0 Å². The maximum atomic E-state index is 12.2. The number of carbonyl (C=O) groups excluding carboxylic acids is 3. The number of likely N-dealkylation sites (tertiary alicyclic amines) is 1. The molecular formula is C14H22N2O6S. The van der Waals surface area contributed by atoms with E-state index in [0.29, 0.717) is 12.8 Å². The first-order chi connectivity index (χ1) is 10.9. The largest absolute Gasteiger partial charge is 0.464 e. The molecule has 23 heavy (non-hydrogen) atoms. The van der Waals surface area contributed by atoms with Crippen LogP contribution in [0.15, 0.2) is 0 Å². The molecule has 0 unspecified atom stereocenters. The Morgan fingerprint density at radius 3 is 2.30 bits per heavy atom. The minimum absolute atomic E-state index is 0.0666. The van der Waals surface area contributed by atoms with E-state index in [9.17, 15) is 22.8 Å². The quantitative estimate of drug-likeness (QED) is 0.383. The van der Waals surface area contributed by atoms with Gasteiger partial charge in [0.25, 0.3) is 0 Å². The van der Waals surface area contributed by atoms with Crippen LogP contribution < -0.4 is 4.72 Å². The second-order valence-corrected chi connectivity index (χ2v) is 7.90. The Morgan fingerprint density at radius 1 is 1.22 bits per heavy atom. The van der Waals surface area contributed by atoms with Crippen LogP contribution in [-0.4, -0.2) is 57.1 Å². The molecule has 0 bridgehead atoms. The number of rotatable bonds is 7. The number of esters is 1. The van der Waals surface area contributed by atoms with E-state index in [-0.39, 0.29) is 49.0 Å². The van der Waals surface area contributed by atoms with Crippen LogP contribution in [0, 0.1) is 11.8 Å². The Kier molecular flexibility index (Phi) is 5.74. The highest BCUT2D eigenvalue weighted by Gasteiger charge is 2.48. The molecule has 0 radical (unpaired) electrons. The molecule has 2 atom stereocenters. The van der Waals surface area contributed by atoms with Gasteiger partial charge in [-0.3, -0.25) is 19.3 Å². The van der Waals surface area contributed by atoms with Gasteiger partial charge in [-0.1, -0.05) is 12.8 Å². The Bertz CT molecular complexity index is 564. The van der Waals surface area contributed by atoms with E-state index in [4.69, 9.17) is 4.74 Å². The van der Waals surface area contributed by atoms with Crippen LogP contribution >= 0.6 is 0 Å². The zero-order valence-corrected chi connectivity index (χ0v) is 13.9. The Balaban J connectivity index is 1.79. The van der Waals surface area contributed by atoms with E-state index in [0.717, 1.165) is 17.7 Å². The Labute approximate surface area is 135 Å². The standard InChI is InChI=1S/C14H22N2O6S/c1-15-23(20,21)8-4-7-22-12(17)9-16-13(18)10-5-2-3-6-11(10)14(16)19/h10-11,15H,2-9H2,1H3/t10-,11-/m0/s1.